The highest BCUT2D eigenvalue weighted by Gasteiger charge is 2.39. The van der Waals surface area contributed by atoms with Crippen LogP contribution in [-0.2, 0) is 32.6 Å². The largest absolute Gasteiger partial charge is 0.497 e. The molecule has 0 fully saturated rings. The highest BCUT2D eigenvalue weighted by atomic mass is 32.2. The number of carbonyl (C=O) groups is 2. The van der Waals surface area contributed by atoms with Crippen LogP contribution in [0.3, 0.4) is 0 Å². The van der Waals surface area contributed by atoms with Crippen molar-refractivity contribution in [2.45, 2.75) is 82.3 Å². The summed E-state index contributed by atoms with van der Waals surface area (Å²) in [6.45, 7) is 2.39. The highest BCUT2D eigenvalue weighted by Crippen LogP contribution is 2.44. The molecule has 5 rings (SSSR count). The Labute approximate surface area is 308 Å². The summed E-state index contributed by atoms with van der Waals surface area (Å²) in [5.41, 5.74) is 3.67. The molecule has 3 aromatic carbocycles. The van der Waals surface area contributed by atoms with Crippen molar-refractivity contribution >= 4 is 22.0 Å². The first-order valence-electron chi connectivity index (χ1n) is 18.1. The maximum Gasteiger partial charge on any atom is 0.410 e. The number of ether oxygens (including phenoxy) is 2. The fourth-order valence-electron chi connectivity index (χ4n) is 6.92. The van der Waals surface area contributed by atoms with Crippen LogP contribution in [0.2, 0.25) is 0 Å². The van der Waals surface area contributed by atoms with Gasteiger partial charge < -0.3 is 25.2 Å². The van der Waals surface area contributed by atoms with E-state index in [4.69, 9.17) is 9.47 Å². The molecule has 0 aromatic heterocycles. The Hall–Kier alpha value is -4.23. The summed E-state index contributed by atoms with van der Waals surface area (Å²) in [5, 5.41) is 18.2. The fraction of sp³-hybridized carbons (Fsp3) is 0.450. The molecular weight excluding hydrogens is 681 g/mol. The summed E-state index contributed by atoms with van der Waals surface area (Å²) in [6, 6.07) is 22.4. The van der Waals surface area contributed by atoms with Crippen molar-refractivity contribution in [3.05, 3.63) is 113 Å². The summed E-state index contributed by atoms with van der Waals surface area (Å²) < 4.78 is 39.5. The number of unbranched alkanes of at least 4 members (excludes halogenated alkanes) is 2. The predicted octanol–water partition coefficient (Wildman–Crippen LogP) is 5.28. The number of likely N-dealkylation sites (N-methyl/N-ethyl adjacent to an activating group) is 1. The first-order valence-corrected chi connectivity index (χ1v) is 19.7. The zero-order valence-corrected chi connectivity index (χ0v) is 31.1. The van der Waals surface area contributed by atoms with E-state index in [1.807, 2.05) is 85.8 Å². The minimum atomic E-state index is -3.77. The van der Waals surface area contributed by atoms with Gasteiger partial charge >= 0.3 is 6.09 Å². The molecular formula is C40H52N4O7S. The maximum absolute atomic E-state index is 14.1. The van der Waals surface area contributed by atoms with Crippen molar-refractivity contribution < 1.29 is 32.6 Å². The van der Waals surface area contributed by atoms with Gasteiger partial charge in [0.25, 0.3) is 0 Å². The van der Waals surface area contributed by atoms with E-state index in [1.165, 1.54) is 7.05 Å². The van der Waals surface area contributed by atoms with E-state index < -0.39 is 40.2 Å². The number of amides is 2. The molecule has 3 N–H and O–H groups in total. The number of rotatable bonds is 11. The van der Waals surface area contributed by atoms with Crippen molar-refractivity contribution in [2.75, 3.05) is 33.0 Å². The molecule has 11 nitrogen and oxygen atoms in total. The number of nitrogens with one attached hydrogen (secondary N) is 2. The van der Waals surface area contributed by atoms with Gasteiger partial charge in [0.1, 0.15) is 18.4 Å². The first-order chi connectivity index (χ1) is 25.1. The zero-order chi connectivity index (χ0) is 37.1. The second-order valence-electron chi connectivity index (χ2n) is 13.5. The lowest BCUT2D eigenvalue weighted by molar-refractivity contribution is -0.126. The third-order valence-electron chi connectivity index (χ3n) is 9.98. The monoisotopic (exact) mass is 732 g/mol. The predicted molar refractivity (Wildman–Crippen MR) is 201 cm³/mol. The number of fused-ring (bicyclic) bond motifs is 5. The number of carbonyl (C=O) groups excluding carboxylic acids is 2. The molecule has 2 aliphatic rings. The van der Waals surface area contributed by atoms with Gasteiger partial charge in [-0.25, -0.2) is 13.2 Å². The standard InChI is InChI=1S/C40H52N4O7S/c1-4-5-14-23-52(48,49)43(2)36-19-12-13-22-44(40(47)51-28-30-17-10-7-11-18-30)37-26-34(33-25-31(50-3)20-21-32(33)37)41-27-38(45)35(42-39(36)46)24-29-15-8-6-9-16-29/h6-13,15-18,20-21,25,34-38,41,45H,4-5,14,19,22-24,26-28H2,1-3H3,(H,42,46)/t34?,35-,36-,37?,38+/m0/s1. The molecule has 2 bridgehead atoms. The molecule has 3 aromatic rings. The van der Waals surface area contributed by atoms with Gasteiger partial charge in [-0.15, -0.1) is 0 Å². The lowest BCUT2D eigenvalue weighted by Gasteiger charge is -2.31. The molecule has 280 valence electrons. The third kappa shape index (κ3) is 10.0. The van der Waals surface area contributed by atoms with Gasteiger partial charge in [-0.05, 0) is 60.1 Å². The number of nitrogens with zero attached hydrogens (tertiary/aromatic N) is 2. The number of aliphatic hydroxyl groups excluding tert-OH is 1. The van der Waals surface area contributed by atoms with Crippen LogP contribution >= 0.6 is 0 Å². The second kappa shape index (κ2) is 18.5. The number of hydrogen-bond acceptors (Lipinski definition) is 8. The van der Waals surface area contributed by atoms with Crippen LogP contribution < -0.4 is 15.4 Å². The van der Waals surface area contributed by atoms with E-state index in [1.54, 1.807) is 24.2 Å². The summed E-state index contributed by atoms with van der Waals surface area (Å²) in [4.78, 5) is 29.6. The smallest absolute Gasteiger partial charge is 0.410 e. The molecule has 0 saturated heterocycles. The number of benzene rings is 3. The van der Waals surface area contributed by atoms with E-state index in [0.29, 0.717) is 25.0 Å². The summed E-state index contributed by atoms with van der Waals surface area (Å²) in [7, 11) is -0.729. The third-order valence-corrected chi connectivity index (χ3v) is 11.9. The molecule has 1 heterocycles. The van der Waals surface area contributed by atoms with Gasteiger partial charge in [0.05, 0.1) is 31.1 Å². The fourth-order valence-corrected chi connectivity index (χ4v) is 8.35. The Kier molecular flexibility index (Phi) is 13.9. The molecule has 5 atom stereocenters. The van der Waals surface area contributed by atoms with Crippen LogP contribution in [0.1, 0.15) is 73.4 Å². The normalized spacial score (nSPS) is 22.6. The lowest BCUT2D eigenvalue weighted by atomic mass is 9.99. The Morgan fingerprint density at radius 1 is 0.981 bits per heavy atom. The quantitative estimate of drug-likeness (QED) is 0.179. The molecule has 0 spiro atoms. The average Bonchev–Trinajstić information content (AvgIpc) is 3.51. The van der Waals surface area contributed by atoms with Crippen LogP contribution in [0.5, 0.6) is 5.75 Å². The minimum Gasteiger partial charge on any atom is -0.497 e. The number of hydrogen-bond donors (Lipinski definition) is 3. The van der Waals surface area contributed by atoms with Crippen molar-refractivity contribution in [2.24, 2.45) is 0 Å². The zero-order valence-electron chi connectivity index (χ0n) is 30.3. The van der Waals surface area contributed by atoms with Crippen molar-refractivity contribution in [3.8, 4) is 5.75 Å². The molecule has 0 saturated carbocycles. The van der Waals surface area contributed by atoms with Crippen molar-refractivity contribution in [1.29, 1.82) is 0 Å². The second-order valence-corrected chi connectivity index (χ2v) is 15.7. The van der Waals surface area contributed by atoms with Crippen molar-refractivity contribution in [3.63, 3.8) is 0 Å². The van der Waals surface area contributed by atoms with Gasteiger partial charge in [0.15, 0.2) is 0 Å². The van der Waals surface area contributed by atoms with E-state index >= 15 is 0 Å². The summed E-state index contributed by atoms with van der Waals surface area (Å²) in [6.07, 6.45) is 5.04. The van der Waals surface area contributed by atoms with Crippen LogP contribution in [-0.4, -0.2) is 85.9 Å². The van der Waals surface area contributed by atoms with Gasteiger partial charge in [-0.2, -0.15) is 4.31 Å². The summed E-state index contributed by atoms with van der Waals surface area (Å²) >= 11 is 0. The Balaban J connectivity index is 1.50. The molecule has 2 amide bonds. The van der Waals surface area contributed by atoms with Crippen LogP contribution in [0.15, 0.2) is 91.0 Å². The van der Waals surface area contributed by atoms with E-state index in [-0.39, 0.29) is 44.0 Å². The highest BCUT2D eigenvalue weighted by molar-refractivity contribution is 7.89. The van der Waals surface area contributed by atoms with Gasteiger partial charge in [-0.3, -0.25) is 9.69 Å². The molecule has 1 aliphatic carbocycles. The topological polar surface area (TPSA) is 138 Å². The van der Waals surface area contributed by atoms with Crippen molar-refractivity contribution in [1.82, 2.24) is 19.8 Å². The van der Waals surface area contributed by atoms with Crippen LogP contribution in [0.25, 0.3) is 0 Å². The molecule has 0 radical (unpaired) electrons. The molecule has 12 heteroatoms. The van der Waals surface area contributed by atoms with E-state index in [2.05, 4.69) is 10.6 Å². The summed E-state index contributed by atoms with van der Waals surface area (Å²) in [5.74, 6) is 0.101. The van der Waals surface area contributed by atoms with Crippen LogP contribution in [0, 0.1) is 0 Å². The van der Waals surface area contributed by atoms with Crippen LogP contribution in [0.4, 0.5) is 4.79 Å². The Morgan fingerprint density at radius 3 is 2.38 bits per heavy atom. The molecule has 52 heavy (non-hydrogen) atoms. The first kappa shape index (κ1) is 39.0. The Morgan fingerprint density at radius 2 is 1.69 bits per heavy atom. The average molecular weight is 733 g/mol. The minimum absolute atomic E-state index is 0.0652. The number of methoxy groups -OCH3 is 1. The van der Waals surface area contributed by atoms with E-state index in [9.17, 15) is 23.1 Å². The number of β-amino-alcohol motifs (C(OH)–C–C–N with tert-alkyl or cyclic N) is 1. The van der Waals surface area contributed by atoms with Gasteiger partial charge in [0.2, 0.25) is 15.9 Å². The SMILES string of the molecule is CCCCCS(=O)(=O)N(C)[C@H]1CC=CCN(C(=O)OCc2ccccc2)C2CC(NC[C@@H](O)[C@H](Cc3ccccc3)NC1=O)c1cc(OC)ccc12. The number of aliphatic hydroxyl groups is 1. The van der Waals surface area contributed by atoms with Gasteiger partial charge in [0, 0.05) is 26.2 Å². The van der Waals surface area contributed by atoms with Gasteiger partial charge in [-0.1, -0.05) is 98.6 Å². The molecule has 2 unspecified atom stereocenters. The maximum atomic E-state index is 14.1. The Bertz CT molecular complexity index is 1760. The molecule has 1 aliphatic heterocycles. The van der Waals surface area contributed by atoms with E-state index in [0.717, 1.165) is 39.4 Å². The lowest BCUT2D eigenvalue weighted by Crippen LogP contribution is -2.55. The number of sulfonamides is 1.